The molecule has 23 heteroatoms. The molecule has 0 unspecified atom stereocenters. The number of H-pyrrole nitrogens is 2. The number of alkyl halides is 3. The van der Waals surface area contributed by atoms with Gasteiger partial charge in [-0.05, 0) is 127 Å². The quantitative estimate of drug-likeness (QED) is 0.0397. The third-order valence-electron chi connectivity index (χ3n) is 19.3. The monoisotopic (exact) mass is 1450 g/mol. The molecule has 2 aliphatic heterocycles. The number of imidazole rings is 4. The summed E-state index contributed by atoms with van der Waals surface area (Å²) < 4.78 is 48.2. The number of amides is 4. The molecule has 0 radical (unpaired) electrons. The SMILES string of the molecule is CCCc1nc(C(=O)Nc2ccccc2-c2c3nc(c(-c4ccccc4NC(=O)c4cn(C)c(CCC)n4)c4ccc([nH]4)c(-c4ccccc4NC(=O)c4cn(C)c(CCC)n4)c4nc(c(-c5ccccc5NC(=O)c5cccc(Cn6cncc6-c6ccc(C(F)(F)F)cc6)c5)c5ccc2[nH]5)C=C4)C=C3)cn1C. The Labute approximate surface area is 625 Å². The molecule has 6 aromatic carbocycles. The van der Waals surface area contributed by atoms with Gasteiger partial charge in [0.1, 0.15) is 34.6 Å². The second-order valence-electron chi connectivity index (χ2n) is 26.9. The van der Waals surface area contributed by atoms with Crippen LogP contribution in [-0.4, -0.2) is 81.8 Å². The van der Waals surface area contributed by atoms with Crippen LogP contribution in [0.4, 0.5) is 35.9 Å². The van der Waals surface area contributed by atoms with Gasteiger partial charge in [0.15, 0.2) is 0 Å². The highest BCUT2D eigenvalue weighted by molar-refractivity contribution is 6.12. The highest BCUT2D eigenvalue weighted by Gasteiger charge is 2.31. The Bertz CT molecular complexity index is 5880. The van der Waals surface area contributed by atoms with Gasteiger partial charge in [-0.15, -0.1) is 0 Å². The number of carbonyl (C=O) groups excluding carboxylic acids is 4. The predicted molar refractivity (Wildman–Crippen MR) is 422 cm³/mol. The molecule has 8 bridgehead atoms. The number of nitrogens with one attached hydrogen (secondary N) is 6. The topological polar surface area (TPSA) is 245 Å². The first-order chi connectivity index (χ1) is 52.9. The van der Waals surface area contributed by atoms with E-state index >= 15 is 4.79 Å². The Morgan fingerprint density at radius 3 is 1.14 bits per heavy atom. The lowest BCUT2D eigenvalue weighted by Crippen LogP contribution is -2.13. The molecule has 544 valence electrons. The average molecular weight is 1450 g/mol. The highest BCUT2D eigenvalue weighted by atomic mass is 19.4. The molecule has 0 saturated heterocycles. The number of fused-ring (bicyclic) bond motifs is 8. The van der Waals surface area contributed by atoms with E-state index in [1.165, 1.54) is 12.1 Å². The van der Waals surface area contributed by atoms with Crippen LogP contribution >= 0.6 is 0 Å². The van der Waals surface area contributed by atoms with E-state index in [9.17, 15) is 27.6 Å². The minimum atomic E-state index is -4.49. The van der Waals surface area contributed by atoms with Crippen molar-refractivity contribution < 1.29 is 32.3 Å². The van der Waals surface area contributed by atoms with E-state index in [-0.39, 0.29) is 23.6 Å². The van der Waals surface area contributed by atoms with Gasteiger partial charge in [-0.25, -0.2) is 29.9 Å². The summed E-state index contributed by atoms with van der Waals surface area (Å²) in [4.78, 5) is 96.1. The number of hydrogen-bond acceptors (Lipinski definition) is 10. The van der Waals surface area contributed by atoms with Crippen molar-refractivity contribution in [2.45, 2.75) is 72.0 Å². The Kier molecular flexibility index (Phi) is 19.6. The van der Waals surface area contributed by atoms with Crippen molar-refractivity contribution in [3.05, 3.63) is 275 Å². The highest BCUT2D eigenvalue weighted by Crippen LogP contribution is 2.44. The fourth-order valence-electron chi connectivity index (χ4n) is 14.1. The van der Waals surface area contributed by atoms with Gasteiger partial charge in [0.05, 0.1) is 46.6 Å². The zero-order chi connectivity index (χ0) is 75.6. The molecule has 0 aliphatic carbocycles. The van der Waals surface area contributed by atoms with Gasteiger partial charge >= 0.3 is 6.18 Å². The zero-order valence-electron chi connectivity index (χ0n) is 60.6. The van der Waals surface area contributed by atoms with Gasteiger partial charge in [0, 0.05) is 160 Å². The number of nitrogens with zero attached hydrogens (tertiary/aromatic N) is 10. The number of aryl methyl sites for hydroxylation is 6. The van der Waals surface area contributed by atoms with E-state index in [4.69, 9.17) is 24.9 Å². The molecular weight excluding hydrogens is 1380 g/mol. The lowest BCUT2D eigenvalue weighted by Gasteiger charge is -2.14. The van der Waals surface area contributed by atoms with Gasteiger partial charge in [0.2, 0.25) is 0 Å². The zero-order valence-corrected chi connectivity index (χ0v) is 60.6. The smallest absolute Gasteiger partial charge is 0.354 e. The summed E-state index contributed by atoms with van der Waals surface area (Å²) >= 11 is 0. The minimum absolute atomic E-state index is 0.248. The summed E-state index contributed by atoms with van der Waals surface area (Å²) in [5, 5.41) is 12.9. The number of aromatic amines is 2. The molecule has 9 heterocycles. The van der Waals surface area contributed by atoms with Crippen LogP contribution in [-0.2, 0) is 53.1 Å². The molecule has 0 spiro atoms. The molecule has 20 nitrogen and oxygen atoms in total. The summed E-state index contributed by atoms with van der Waals surface area (Å²) in [7, 11) is 5.63. The number of hydrogen-bond donors (Lipinski definition) is 6. The lowest BCUT2D eigenvalue weighted by atomic mass is 10.0. The molecule has 7 aromatic heterocycles. The molecule has 6 N–H and O–H groups in total. The normalized spacial score (nSPS) is 11.9. The number of benzene rings is 6. The van der Waals surface area contributed by atoms with E-state index in [2.05, 4.69) is 57.0 Å². The average Bonchev–Trinajstić information content (AvgIpc) is 1.62. The summed E-state index contributed by atoms with van der Waals surface area (Å²) in [6, 6.07) is 49.9. The number of para-hydroxylation sites is 4. The van der Waals surface area contributed by atoms with Crippen molar-refractivity contribution in [1.29, 1.82) is 0 Å². The molecule has 2 aliphatic rings. The molecule has 0 saturated carbocycles. The van der Waals surface area contributed by atoms with Crippen LogP contribution in [0.15, 0.2) is 201 Å². The molecule has 13 aromatic rings. The standard InChI is InChI=1S/C86H75F3N16O4/c1-7-19-75-95-71(47-102(75)4)83(107)99-60-29-15-11-25-56(60)79-65-38-36-63(91-65)78(55-24-10-14-28-59(55)98-82(106)53-23-18-22-51(44-53)46-105-50-90-45-74(105)52-32-34-54(35-33-52)86(87,88)89)64-37-39-66(92-64)80(57-26-12-16-30-61(57)100-84(108)72-48-103(5)76(96-72)20-8-2)68-41-43-70(94-68)81(69-42-40-67(79)93-69)58-27-13-17-31-62(58)101-85(109)73-49-104(6)77(97-73)21-9-3/h10-18,22-45,47-50,91,94H,7-9,19-21,46H2,1-6H3,(H,98,106)(H,99,107)(H,100,108)(H,101,109). The van der Waals surface area contributed by atoms with Crippen molar-refractivity contribution in [3.63, 3.8) is 0 Å². The number of anilines is 4. The first kappa shape index (κ1) is 71.1. The van der Waals surface area contributed by atoms with Crippen molar-refractivity contribution in [1.82, 2.24) is 58.1 Å². The molecule has 0 atom stereocenters. The maximum Gasteiger partial charge on any atom is 0.416 e. The maximum absolute atomic E-state index is 15.0. The fraction of sp³-hybridized carbons (Fsp3) is 0.163. The Hall–Kier alpha value is -13.6. The van der Waals surface area contributed by atoms with Crippen molar-refractivity contribution in [3.8, 4) is 55.8 Å². The number of rotatable bonds is 21. The summed E-state index contributed by atoms with van der Waals surface area (Å²) in [6.07, 6.45) is 16.2. The number of carbonyl (C=O) groups is 4. The molecule has 15 rings (SSSR count). The Balaban J connectivity index is 0.939. The summed E-state index contributed by atoms with van der Waals surface area (Å²) in [5.74, 6) is 0.677. The molecule has 109 heavy (non-hydrogen) atoms. The van der Waals surface area contributed by atoms with Gasteiger partial charge in [-0.1, -0.05) is 118 Å². The molecule has 4 amide bonds. The van der Waals surface area contributed by atoms with Gasteiger partial charge < -0.3 is 49.5 Å². The van der Waals surface area contributed by atoms with Gasteiger partial charge in [-0.2, -0.15) is 13.2 Å². The van der Waals surface area contributed by atoms with Crippen LogP contribution in [0.5, 0.6) is 0 Å². The van der Waals surface area contributed by atoms with Crippen LogP contribution in [0, 0.1) is 0 Å². The third kappa shape index (κ3) is 14.6. The van der Waals surface area contributed by atoms with Gasteiger partial charge in [0.25, 0.3) is 23.6 Å². The van der Waals surface area contributed by atoms with Crippen molar-refractivity contribution in [2.24, 2.45) is 21.1 Å². The molecular formula is C86H75F3N16O4. The maximum atomic E-state index is 15.0. The summed E-state index contributed by atoms with van der Waals surface area (Å²) in [5.41, 5.74) is 13.2. The van der Waals surface area contributed by atoms with E-state index < -0.39 is 35.4 Å². The second-order valence-corrected chi connectivity index (χ2v) is 26.9. The second kappa shape index (κ2) is 30.1. The van der Waals surface area contributed by atoms with Crippen LogP contribution in [0.1, 0.15) is 133 Å². The van der Waals surface area contributed by atoms with E-state index in [1.54, 1.807) is 49.3 Å². The number of halogens is 3. The first-order valence-electron chi connectivity index (χ1n) is 36.0. The van der Waals surface area contributed by atoms with Crippen LogP contribution < -0.4 is 21.3 Å². The Morgan fingerprint density at radius 2 is 0.780 bits per heavy atom. The van der Waals surface area contributed by atoms with Crippen LogP contribution in [0.2, 0.25) is 0 Å². The summed E-state index contributed by atoms with van der Waals surface area (Å²) in [6.45, 7) is 6.44. The fourth-order valence-corrected chi connectivity index (χ4v) is 14.1. The lowest BCUT2D eigenvalue weighted by molar-refractivity contribution is -0.137. The van der Waals surface area contributed by atoms with E-state index in [0.717, 1.165) is 54.4 Å². The largest absolute Gasteiger partial charge is 0.416 e. The first-order valence-corrected chi connectivity index (χ1v) is 36.0. The van der Waals surface area contributed by atoms with E-state index in [1.807, 2.05) is 191 Å². The van der Waals surface area contributed by atoms with Gasteiger partial charge in [-0.3, -0.25) is 19.2 Å². The van der Waals surface area contributed by atoms with Crippen LogP contribution in [0.25, 0.3) is 102 Å². The Morgan fingerprint density at radius 1 is 0.422 bits per heavy atom. The predicted octanol–water partition coefficient (Wildman–Crippen LogP) is 18.3. The van der Waals surface area contributed by atoms with E-state index in [0.29, 0.717) is 148 Å². The van der Waals surface area contributed by atoms with Crippen LogP contribution in [0.3, 0.4) is 0 Å². The number of aromatic nitrogens is 12. The minimum Gasteiger partial charge on any atom is -0.354 e. The van der Waals surface area contributed by atoms with Crippen molar-refractivity contribution in [2.75, 3.05) is 21.3 Å². The third-order valence-corrected chi connectivity index (χ3v) is 19.3. The van der Waals surface area contributed by atoms with Crippen molar-refractivity contribution >= 4 is 92.7 Å². The molecule has 0 fully saturated rings.